The van der Waals surface area contributed by atoms with Crippen LogP contribution in [0.15, 0.2) is 77.6 Å². The molecule has 0 atom stereocenters. The van der Waals surface area contributed by atoms with Crippen LogP contribution in [0.1, 0.15) is 24.4 Å². The Hall–Kier alpha value is -3.74. The van der Waals surface area contributed by atoms with Crippen molar-refractivity contribution in [2.75, 3.05) is 5.32 Å². The molecule has 0 radical (unpaired) electrons. The second kappa shape index (κ2) is 8.97. The average Bonchev–Trinajstić information content (AvgIpc) is 3.39. The van der Waals surface area contributed by atoms with Gasteiger partial charge < -0.3 is 9.73 Å². The van der Waals surface area contributed by atoms with Crippen molar-refractivity contribution in [3.05, 3.63) is 84.8 Å². The van der Waals surface area contributed by atoms with Crippen molar-refractivity contribution in [3.63, 3.8) is 0 Å². The van der Waals surface area contributed by atoms with Crippen LogP contribution in [0.25, 0.3) is 11.3 Å². The van der Waals surface area contributed by atoms with Crippen molar-refractivity contribution in [3.8, 4) is 11.3 Å². The monoisotopic (exact) mass is 387 g/mol. The van der Waals surface area contributed by atoms with Crippen LogP contribution < -0.4 is 5.32 Å². The lowest BCUT2D eigenvalue weighted by Crippen LogP contribution is -2.12. The summed E-state index contributed by atoms with van der Waals surface area (Å²) < 4.78 is 7.51. The molecule has 0 bridgehead atoms. The zero-order valence-electron chi connectivity index (χ0n) is 15.9. The lowest BCUT2D eigenvalue weighted by molar-refractivity contribution is -0.116. The van der Waals surface area contributed by atoms with Crippen LogP contribution in [0.4, 0.5) is 5.82 Å². The third-order valence-electron chi connectivity index (χ3n) is 4.36. The molecule has 4 rings (SSSR count). The predicted molar refractivity (Wildman–Crippen MR) is 109 cm³/mol. The molecule has 7 heteroatoms. The van der Waals surface area contributed by atoms with Gasteiger partial charge in [-0.25, -0.2) is 4.98 Å². The van der Waals surface area contributed by atoms with Gasteiger partial charge in [0.2, 0.25) is 5.91 Å². The Bertz CT molecular complexity index is 1060. The molecule has 1 N–H and O–H groups in total. The average molecular weight is 387 g/mol. The van der Waals surface area contributed by atoms with Gasteiger partial charge >= 0.3 is 0 Å². The molecule has 0 saturated heterocycles. The molecule has 146 valence electrons. The van der Waals surface area contributed by atoms with E-state index in [9.17, 15) is 4.79 Å². The molecule has 0 aliphatic heterocycles. The van der Waals surface area contributed by atoms with Crippen LogP contribution in [0, 0.1) is 0 Å². The molecule has 0 unspecified atom stereocenters. The number of aryl methyl sites for hydroxylation is 1. The molecule has 29 heavy (non-hydrogen) atoms. The molecule has 0 aliphatic carbocycles. The maximum Gasteiger partial charge on any atom is 0.225 e. The van der Waals surface area contributed by atoms with E-state index in [2.05, 4.69) is 20.4 Å². The number of rotatable bonds is 8. The first-order chi connectivity index (χ1) is 14.3. The number of nitrogens with zero attached hydrogens (tertiary/aromatic N) is 4. The van der Waals surface area contributed by atoms with Crippen molar-refractivity contribution >= 4 is 11.7 Å². The number of pyridine rings is 1. The molecule has 3 aromatic heterocycles. The third kappa shape index (κ3) is 5.16. The summed E-state index contributed by atoms with van der Waals surface area (Å²) in [5, 5.41) is 7.19. The minimum Gasteiger partial charge on any atom is -0.441 e. The highest BCUT2D eigenvalue weighted by atomic mass is 16.4. The Morgan fingerprint density at radius 1 is 1.03 bits per heavy atom. The van der Waals surface area contributed by atoms with Gasteiger partial charge in [-0.3, -0.25) is 14.5 Å². The molecule has 0 saturated carbocycles. The Balaban J connectivity index is 1.23. The van der Waals surface area contributed by atoms with E-state index in [-0.39, 0.29) is 5.91 Å². The molecule has 0 fully saturated rings. The maximum absolute atomic E-state index is 12.2. The van der Waals surface area contributed by atoms with Gasteiger partial charge in [-0.15, -0.1) is 0 Å². The highest BCUT2D eigenvalue weighted by molar-refractivity contribution is 5.89. The van der Waals surface area contributed by atoms with Crippen molar-refractivity contribution in [1.29, 1.82) is 0 Å². The first-order valence-electron chi connectivity index (χ1n) is 9.49. The Labute approximate surface area is 168 Å². The van der Waals surface area contributed by atoms with Crippen molar-refractivity contribution in [2.45, 2.75) is 25.8 Å². The van der Waals surface area contributed by atoms with Crippen LogP contribution in [0.2, 0.25) is 0 Å². The van der Waals surface area contributed by atoms with Crippen LogP contribution >= 0.6 is 0 Å². The van der Waals surface area contributed by atoms with E-state index in [0.29, 0.717) is 37.5 Å². The van der Waals surface area contributed by atoms with Gasteiger partial charge in [0.15, 0.2) is 17.5 Å². The van der Waals surface area contributed by atoms with Crippen LogP contribution in [-0.2, 0) is 17.8 Å². The zero-order chi connectivity index (χ0) is 19.9. The fourth-order valence-corrected chi connectivity index (χ4v) is 2.94. The van der Waals surface area contributed by atoms with E-state index < -0.39 is 0 Å². The van der Waals surface area contributed by atoms with Crippen molar-refractivity contribution < 1.29 is 9.21 Å². The summed E-state index contributed by atoms with van der Waals surface area (Å²) in [6.07, 6.45) is 6.92. The quantitative estimate of drug-likeness (QED) is 0.495. The SMILES string of the molecule is O=C(CCCc1ncc(-c2ccccc2)o1)Nc1ccn(Cc2ccccn2)n1. The maximum atomic E-state index is 12.2. The second-order valence-corrected chi connectivity index (χ2v) is 6.61. The van der Waals surface area contributed by atoms with Gasteiger partial charge in [-0.1, -0.05) is 36.4 Å². The molecule has 1 aromatic carbocycles. The molecule has 3 heterocycles. The fourth-order valence-electron chi connectivity index (χ4n) is 2.94. The van der Waals surface area contributed by atoms with E-state index in [1.807, 2.05) is 54.7 Å². The van der Waals surface area contributed by atoms with Crippen LogP contribution in [0.3, 0.4) is 0 Å². The number of hydrogen-bond donors (Lipinski definition) is 1. The summed E-state index contributed by atoms with van der Waals surface area (Å²) in [5.41, 5.74) is 1.90. The summed E-state index contributed by atoms with van der Waals surface area (Å²) in [7, 11) is 0. The van der Waals surface area contributed by atoms with Gasteiger partial charge in [0.1, 0.15) is 0 Å². The number of oxazole rings is 1. The lowest BCUT2D eigenvalue weighted by Gasteiger charge is -2.02. The first-order valence-corrected chi connectivity index (χ1v) is 9.49. The van der Waals surface area contributed by atoms with Gasteiger partial charge in [-0.2, -0.15) is 5.10 Å². The van der Waals surface area contributed by atoms with Crippen molar-refractivity contribution in [2.24, 2.45) is 0 Å². The Kier molecular flexibility index (Phi) is 5.76. The van der Waals surface area contributed by atoms with Crippen molar-refractivity contribution in [1.82, 2.24) is 19.7 Å². The number of hydrogen-bond acceptors (Lipinski definition) is 5. The van der Waals surface area contributed by atoms with Gasteiger partial charge in [-0.05, 0) is 18.6 Å². The molecule has 4 aromatic rings. The van der Waals surface area contributed by atoms with E-state index in [1.54, 1.807) is 23.1 Å². The fraction of sp³-hybridized carbons (Fsp3) is 0.182. The molecular formula is C22H21N5O2. The molecule has 0 aliphatic rings. The van der Waals surface area contributed by atoms with E-state index in [0.717, 1.165) is 17.0 Å². The summed E-state index contributed by atoms with van der Waals surface area (Å²) in [6, 6.07) is 17.4. The molecular weight excluding hydrogens is 366 g/mol. The van der Waals surface area contributed by atoms with Crippen LogP contribution in [-0.4, -0.2) is 25.7 Å². The molecule has 7 nitrogen and oxygen atoms in total. The summed E-state index contributed by atoms with van der Waals surface area (Å²) in [6.45, 7) is 0.560. The number of carbonyl (C=O) groups excluding carboxylic acids is 1. The van der Waals surface area contributed by atoms with Gasteiger partial charge in [0, 0.05) is 36.9 Å². The topological polar surface area (TPSA) is 85.8 Å². The number of anilines is 1. The largest absolute Gasteiger partial charge is 0.441 e. The minimum absolute atomic E-state index is 0.0806. The predicted octanol–water partition coefficient (Wildman–Crippen LogP) is 3.94. The number of aromatic nitrogens is 4. The Morgan fingerprint density at radius 3 is 2.72 bits per heavy atom. The number of benzene rings is 1. The van der Waals surface area contributed by atoms with E-state index in [1.165, 1.54) is 0 Å². The lowest BCUT2D eigenvalue weighted by atomic mass is 10.2. The van der Waals surface area contributed by atoms with Crippen LogP contribution in [0.5, 0.6) is 0 Å². The first kappa shape index (κ1) is 18.6. The number of amides is 1. The highest BCUT2D eigenvalue weighted by Crippen LogP contribution is 2.20. The summed E-state index contributed by atoms with van der Waals surface area (Å²) in [4.78, 5) is 20.7. The summed E-state index contributed by atoms with van der Waals surface area (Å²) in [5.74, 6) is 1.83. The highest BCUT2D eigenvalue weighted by Gasteiger charge is 2.09. The van der Waals surface area contributed by atoms with Gasteiger partial charge in [0.05, 0.1) is 18.4 Å². The Morgan fingerprint density at radius 2 is 1.90 bits per heavy atom. The van der Waals surface area contributed by atoms with E-state index in [4.69, 9.17) is 4.42 Å². The van der Waals surface area contributed by atoms with Gasteiger partial charge in [0.25, 0.3) is 0 Å². The zero-order valence-corrected chi connectivity index (χ0v) is 15.9. The normalized spacial score (nSPS) is 10.8. The summed E-state index contributed by atoms with van der Waals surface area (Å²) >= 11 is 0. The standard InChI is InChI=1S/C22H21N5O2/c28-21(25-20-12-14-27(26-20)16-18-9-4-5-13-23-18)10-6-11-22-24-15-19(29-22)17-7-2-1-3-8-17/h1-5,7-9,12-15H,6,10-11,16H2,(H,25,26,28). The molecule has 1 amide bonds. The number of carbonyl (C=O) groups is 1. The molecule has 0 spiro atoms. The number of nitrogens with one attached hydrogen (secondary N) is 1. The smallest absolute Gasteiger partial charge is 0.225 e. The second-order valence-electron chi connectivity index (χ2n) is 6.61. The van der Waals surface area contributed by atoms with E-state index >= 15 is 0 Å². The minimum atomic E-state index is -0.0806. The third-order valence-corrected chi connectivity index (χ3v) is 4.36.